The monoisotopic (exact) mass is 400 g/mol. The number of nitrogens with zero attached hydrogens (tertiary/aromatic N) is 1. The maximum absolute atomic E-state index is 11.7. The average Bonchev–Trinajstić information content (AvgIpc) is 3.17. The van der Waals surface area contributed by atoms with E-state index < -0.39 is 17.1 Å². The van der Waals surface area contributed by atoms with Gasteiger partial charge in [-0.05, 0) is 35.5 Å². The molecule has 3 heterocycles. The molecule has 2 amide bonds. The molecule has 134 valence electrons. The number of hydrogen-bond donors (Lipinski definition) is 2. The Labute approximate surface area is 161 Å². The number of benzene rings is 1. The van der Waals surface area contributed by atoms with Gasteiger partial charge >= 0.3 is 5.97 Å². The first-order valence-electron chi connectivity index (χ1n) is 7.58. The zero-order valence-electron chi connectivity index (χ0n) is 13.4. The van der Waals surface area contributed by atoms with Crippen LogP contribution in [0.3, 0.4) is 0 Å². The highest BCUT2D eigenvalue weighted by Crippen LogP contribution is 2.34. The van der Waals surface area contributed by atoms with Crippen molar-refractivity contribution >= 4 is 57.5 Å². The molecule has 0 bridgehead atoms. The fourth-order valence-electron chi connectivity index (χ4n) is 2.67. The van der Waals surface area contributed by atoms with Crippen molar-refractivity contribution in [2.24, 2.45) is 0 Å². The molecule has 0 spiro atoms. The molecule has 1 aliphatic heterocycles. The number of hydrogen-bond acceptors (Lipinski definition) is 6. The summed E-state index contributed by atoms with van der Waals surface area (Å²) in [5, 5.41) is 11.8. The van der Waals surface area contributed by atoms with Gasteiger partial charge in [0, 0.05) is 29.4 Å². The number of pyridine rings is 1. The van der Waals surface area contributed by atoms with Crippen LogP contribution < -0.4 is 5.32 Å². The number of aromatic nitrogens is 1. The fraction of sp³-hybridized carbons (Fsp3) is 0. The van der Waals surface area contributed by atoms with E-state index >= 15 is 0 Å². The number of imide groups is 1. The van der Waals surface area contributed by atoms with E-state index in [4.69, 9.17) is 16.0 Å². The van der Waals surface area contributed by atoms with Crippen molar-refractivity contribution in [1.29, 1.82) is 0 Å². The molecule has 1 aliphatic rings. The van der Waals surface area contributed by atoms with Gasteiger partial charge in [0.2, 0.25) is 0 Å². The van der Waals surface area contributed by atoms with Crippen LogP contribution in [0, 0.1) is 0 Å². The first-order chi connectivity index (χ1) is 12.9. The van der Waals surface area contributed by atoms with Crippen molar-refractivity contribution in [1.82, 2.24) is 10.3 Å². The van der Waals surface area contributed by atoms with Crippen LogP contribution in [0.25, 0.3) is 28.2 Å². The van der Waals surface area contributed by atoms with Gasteiger partial charge in [0.1, 0.15) is 11.3 Å². The van der Waals surface area contributed by atoms with E-state index in [0.29, 0.717) is 27.9 Å². The maximum atomic E-state index is 11.7. The quantitative estimate of drug-likeness (QED) is 0.635. The summed E-state index contributed by atoms with van der Waals surface area (Å²) in [7, 11) is 0. The number of carboxylic acids is 1. The van der Waals surface area contributed by atoms with E-state index in [-0.39, 0.29) is 15.5 Å². The smallest absolute Gasteiger partial charge is 0.337 e. The Morgan fingerprint density at radius 3 is 2.78 bits per heavy atom. The van der Waals surface area contributed by atoms with Crippen LogP contribution in [-0.4, -0.2) is 27.2 Å². The van der Waals surface area contributed by atoms with E-state index in [0.717, 1.165) is 11.8 Å². The predicted octanol–water partition coefficient (Wildman–Crippen LogP) is 4.17. The summed E-state index contributed by atoms with van der Waals surface area (Å²) >= 11 is 6.72. The van der Waals surface area contributed by atoms with E-state index in [1.165, 1.54) is 18.2 Å². The van der Waals surface area contributed by atoms with Gasteiger partial charge in [0.05, 0.1) is 15.5 Å². The molecule has 27 heavy (non-hydrogen) atoms. The topological polar surface area (TPSA) is 110 Å². The van der Waals surface area contributed by atoms with Crippen molar-refractivity contribution in [2.75, 3.05) is 0 Å². The number of rotatable bonds is 3. The Morgan fingerprint density at radius 1 is 1.26 bits per heavy atom. The Hall–Kier alpha value is -3.10. The number of carbonyl (C=O) groups is 3. The van der Waals surface area contributed by atoms with E-state index in [1.54, 1.807) is 24.5 Å². The lowest BCUT2D eigenvalue weighted by molar-refractivity contribution is -0.115. The molecule has 1 aromatic carbocycles. The number of amides is 2. The van der Waals surface area contributed by atoms with Crippen molar-refractivity contribution < 1.29 is 23.9 Å². The van der Waals surface area contributed by atoms with Gasteiger partial charge < -0.3 is 9.52 Å². The number of carbonyl (C=O) groups excluding carboxylic acids is 2. The molecule has 2 N–H and O–H groups in total. The number of carboxylic acid groups (broad SMARTS) is 1. The Morgan fingerprint density at radius 2 is 2.07 bits per heavy atom. The molecule has 2 aromatic heterocycles. The normalized spacial score (nSPS) is 15.5. The van der Waals surface area contributed by atoms with E-state index in [2.05, 4.69) is 10.3 Å². The number of thioether (sulfide) groups is 1. The molecular formula is C18H9ClN2O5S. The highest BCUT2D eigenvalue weighted by Gasteiger charge is 2.25. The zero-order chi connectivity index (χ0) is 19.1. The van der Waals surface area contributed by atoms with Gasteiger partial charge in [-0.25, -0.2) is 4.79 Å². The summed E-state index contributed by atoms with van der Waals surface area (Å²) < 4.78 is 5.83. The van der Waals surface area contributed by atoms with Crippen molar-refractivity contribution in [3.63, 3.8) is 0 Å². The molecule has 0 unspecified atom stereocenters. The van der Waals surface area contributed by atoms with Crippen molar-refractivity contribution in [2.45, 2.75) is 0 Å². The number of fused-ring (bicyclic) bond motifs is 1. The third-order valence-corrected chi connectivity index (χ3v) is 5.01. The predicted molar refractivity (Wildman–Crippen MR) is 101 cm³/mol. The van der Waals surface area contributed by atoms with Gasteiger partial charge in [-0.1, -0.05) is 17.7 Å². The molecule has 0 atom stereocenters. The minimum Gasteiger partial charge on any atom is -0.478 e. The summed E-state index contributed by atoms with van der Waals surface area (Å²) in [4.78, 5) is 38.7. The van der Waals surface area contributed by atoms with Crippen LogP contribution in [0.5, 0.6) is 0 Å². The lowest BCUT2D eigenvalue weighted by atomic mass is 10.0. The first kappa shape index (κ1) is 17.3. The molecule has 0 radical (unpaired) electrons. The lowest BCUT2D eigenvalue weighted by Crippen LogP contribution is -2.17. The molecule has 1 fully saturated rings. The molecule has 7 nitrogen and oxygen atoms in total. The van der Waals surface area contributed by atoms with Crippen LogP contribution in [0.15, 0.2) is 46.0 Å². The molecule has 4 rings (SSSR count). The van der Waals surface area contributed by atoms with Crippen LogP contribution in [0.4, 0.5) is 4.79 Å². The van der Waals surface area contributed by atoms with Crippen LogP contribution in [0.2, 0.25) is 5.02 Å². The molecular weight excluding hydrogens is 392 g/mol. The number of halogens is 1. The summed E-state index contributed by atoms with van der Waals surface area (Å²) in [5.41, 5.74) is 1.60. The van der Waals surface area contributed by atoms with E-state index in [1.807, 2.05) is 0 Å². The summed E-state index contributed by atoms with van der Waals surface area (Å²) in [6.45, 7) is 0. The van der Waals surface area contributed by atoms with E-state index in [9.17, 15) is 19.5 Å². The minimum atomic E-state index is -1.14. The number of furan rings is 1. The van der Waals surface area contributed by atoms with Gasteiger partial charge in [-0.3, -0.25) is 19.9 Å². The third-order valence-electron chi connectivity index (χ3n) is 3.86. The zero-order valence-corrected chi connectivity index (χ0v) is 14.9. The van der Waals surface area contributed by atoms with Crippen LogP contribution in [-0.2, 0) is 4.79 Å². The summed E-state index contributed by atoms with van der Waals surface area (Å²) in [6.07, 6.45) is 4.61. The number of nitrogens with one attached hydrogen (secondary N) is 1. The van der Waals surface area contributed by atoms with Gasteiger partial charge in [-0.15, -0.1) is 0 Å². The highest BCUT2D eigenvalue weighted by atomic mass is 35.5. The Kier molecular flexibility index (Phi) is 4.21. The summed E-state index contributed by atoms with van der Waals surface area (Å²) in [6, 6.07) is 6.30. The number of aromatic carboxylic acids is 1. The molecule has 3 aromatic rings. The fourth-order valence-corrected chi connectivity index (χ4v) is 3.53. The minimum absolute atomic E-state index is 0.0300. The van der Waals surface area contributed by atoms with Crippen molar-refractivity contribution in [3.05, 3.63) is 57.9 Å². The van der Waals surface area contributed by atoms with Gasteiger partial charge in [0.25, 0.3) is 11.1 Å². The molecule has 1 saturated heterocycles. The summed E-state index contributed by atoms with van der Waals surface area (Å²) in [5.74, 6) is -1.24. The largest absolute Gasteiger partial charge is 0.478 e. The lowest BCUT2D eigenvalue weighted by Gasteiger charge is -2.05. The highest BCUT2D eigenvalue weighted by molar-refractivity contribution is 8.18. The first-order valence-corrected chi connectivity index (χ1v) is 8.77. The van der Waals surface area contributed by atoms with Crippen LogP contribution >= 0.6 is 23.4 Å². The molecule has 0 saturated carbocycles. The van der Waals surface area contributed by atoms with Gasteiger partial charge in [-0.2, -0.15) is 0 Å². The van der Waals surface area contributed by atoms with Crippen molar-refractivity contribution in [3.8, 4) is 11.1 Å². The molecule has 9 heteroatoms. The molecule has 0 aliphatic carbocycles. The maximum Gasteiger partial charge on any atom is 0.337 e. The standard InChI is InChI=1S/C18H9ClN2O5S/c19-13-2-1-8(4-11(13)17(23)24)12-7-20-6-9-3-10(26-15(9)12)5-14-16(22)21-18(25)27-14/h1-7H,(H,23,24)(H,21,22,25)/b14-5+. The second-order valence-corrected chi connectivity index (χ2v) is 7.03. The second kappa shape index (κ2) is 6.57. The van der Waals surface area contributed by atoms with Crippen LogP contribution in [0.1, 0.15) is 16.1 Å². The Bertz CT molecular complexity index is 1170. The SMILES string of the molecule is O=C1NC(=O)/C(=C\c2cc3cncc(-c4ccc(Cl)c(C(=O)O)c4)c3o2)S1. The second-order valence-electron chi connectivity index (χ2n) is 5.61. The Balaban J connectivity index is 1.82. The average molecular weight is 401 g/mol. The third kappa shape index (κ3) is 3.20. The van der Waals surface area contributed by atoms with Gasteiger partial charge in [0.15, 0.2) is 0 Å².